The Bertz CT molecular complexity index is 2970. The summed E-state index contributed by atoms with van der Waals surface area (Å²) in [5.74, 6) is 0.467. The van der Waals surface area contributed by atoms with E-state index in [-0.39, 0.29) is 0 Å². The maximum absolute atomic E-state index is 5.58. The van der Waals surface area contributed by atoms with Crippen molar-refractivity contribution < 1.29 is 0 Å². The van der Waals surface area contributed by atoms with Crippen LogP contribution in [0, 0.1) is 19.8 Å². The van der Waals surface area contributed by atoms with Crippen LogP contribution in [0.3, 0.4) is 0 Å². The molecular formula is C49H36N2. The lowest BCUT2D eigenvalue weighted by Crippen LogP contribution is -2.04. The predicted molar refractivity (Wildman–Crippen MR) is 218 cm³/mol. The highest BCUT2D eigenvalue weighted by Gasteiger charge is 2.24. The molecule has 1 unspecified atom stereocenters. The van der Waals surface area contributed by atoms with Crippen molar-refractivity contribution in [3.63, 3.8) is 0 Å². The number of hydrogen-bond donors (Lipinski definition) is 0. The molecule has 0 bridgehead atoms. The van der Waals surface area contributed by atoms with Crippen molar-refractivity contribution in [2.24, 2.45) is 5.92 Å². The van der Waals surface area contributed by atoms with Crippen LogP contribution in [-0.2, 0) is 0 Å². The van der Waals surface area contributed by atoms with Gasteiger partial charge in [-0.2, -0.15) is 0 Å². The third kappa shape index (κ3) is 4.56. The highest BCUT2D eigenvalue weighted by molar-refractivity contribution is 6.25. The van der Waals surface area contributed by atoms with Crippen LogP contribution in [0.1, 0.15) is 30.2 Å². The number of rotatable bonds is 3. The molecule has 0 aliphatic heterocycles. The number of para-hydroxylation sites is 1. The van der Waals surface area contributed by atoms with Crippen molar-refractivity contribution in [1.29, 1.82) is 0 Å². The molecule has 0 fully saturated rings. The van der Waals surface area contributed by atoms with Crippen molar-refractivity contribution >= 4 is 70.5 Å². The van der Waals surface area contributed by atoms with Gasteiger partial charge < -0.3 is 0 Å². The van der Waals surface area contributed by atoms with Crippen molar-refractivity contribution in [3.05, 3.63) is 162 Å². The zero-order chi connectivity index (χ0) is 34.2. The van der Waals surface area contributed by atoms with Crippen LogP contribution in [-0.4, -0.2) is 9.97 Å². The Labute approximate surface area is 297 Å². The summed E-state index contributed by atoms with van der Waals surface area (Å²) < 4.78 is 0. The largest absolute Gasteiger partial charge is 0.247 e. The van der Waals surface area contributed by atoms with E-state index in [1.807, 2.05) is 0 Å². The minimum absolute atomic E-state index is 0.467. The molecule has 1 aliphatic carbocycles. The number of pyridine rings is 2. The molecule has 10 rings (SSSR count). The maximum atomic E-state index is 5.58. The third-order valence-corrected chi connectivity index (χ3v) is 11.1. The van der Waals surface area contributed by atoms with Crippen molar-refractivity contribution in [1.82, 2.24) is 9.97 Å². The van der Waals surface area contributed by atoms with Crippen LogP contribution >= 0.6 is 0 Å². The highest BCUT2D eigenvalue weighted by Crippen LogP contribution is 2.46. The third-order valence-electron chi connectivity index (χ3n) is 11.1. The van der Waals surface area contributed by atoms with E-state index in [2.05, 4.69) is 166 Å². The lowest BCUT2D eigenvalue weighted by atomic mass is 9.84. The second-order valence-electron chi connectivity index (χ2n) is 14.2. The van der Waals surface area contributed by atoms with Crippen LogP contribution in [0.2, 0.25) is 0 Å². The van der Waals surface area contributed by atoms with Crippen molar-refractivity contribution in [3.8, 4) is 22.4 Å². The number of fused-ring (bicyclic) bond motifs is 9. The molecule has 242 valence electrons. The van der Waals surface area contributed by atoms with Crippen LogP contribution in [0.4, 0.5) is 0 Å². The number of aryl methyl sites for hydroxylation is 2. The lowest BCUT2D eigenvalue weighted by molar-refractivity contribution is 0.747. The molecule has 2 aromatic heterocycles. The Kier molecular flexibility index (Phi) is 6.69. The highest BCUT2D eigenvalue weighted by atomic mass is 14.7. The smallest absolute Gasteiger partial charge is 0.0791 e. The second-order valence-corrected chi connectivity index (χ2v) is 14.2. The van der Waals surface area contributed by atoms with Gasteiger partial charge in [0.05, 0.1) is 22.4 Å². The quantitative estimate of drug-likeness (QED) is 0.140. The summed E-state index contributed by atoms with van der Waals surface area (Å²) in [5.41, 5.74) is 11.5. The first-order valence-corrected chi connectivity index (χ1v) is 18.0. The zero-order valence-electron chi connectivity index (χ0n) is 29.0. The van der Waals surface area contributed by atoms with Crippen LogP contribution in [0.25, 0.3) is 92.9 Å². The van der Waals surface area contributed by atoms with Gasteiger partial charge in [-0.1, -0.05) is 134 Å². The molecule has 0 radical (unpaired) electrons. The van der Waals surface area contributed by atoms with Gasteiger partial charge in [0.15, 0.2) is 0 Å². The number of hydrogen-bond acceptors (Lipinski definition) is 2. The average molecular weight is 653 g/mol. The molecule has 0 saturated heterocycles. The Morgan fingerprint density at radius 1 is 0.510 bits per heavy atom. The summed E-state index contributed by atoms with van der Waals surface area (Å²) in [7, 11) is 0. The fraction of sp³-hybridized carbons (Fsp3) is 0.102. The number of nitrogens with zero attached hydrogens (tertiary/aromatic N) is 2. The topological polar surface area (TPSA) is 25.8 Å². The Morgan fingerprint density at radius 3 is 1.92 bits per heavy atom. The van der Waals surface area contributed by atoms with Crippen LogP contribution in [0.15, 0.2) is 146 Å². The lowest BCUT2D eigenvalue weighted by Gasteiger charge is -2.23. The first-order valence-electron chi connectivity index (χ1n) is 18.0. The molecule has 2 nitrogen and oxygen atoms in total. The Morgan fingerprint density at radius 2 is 1.14 bits per heavy atom. The van der Waals surface area contributed by atoms with Gasteiger partial charge in [-0.25, -0.2) is 9.97 Å². The van der Waals surface area contributed by atoms with E-state index in [9.17, 15) is 0 Å². The molecule has 7 aromatic carbocycles. The van der Waals surface area contributed by atoms with E-state index in [4.69, 9.17) is 9.97 Å². The van der Waals surface area contributed by atoms with Gasteiger partial charge >= 0.3 is 0 Å². The molecular weight excluding hydrogens is 617 g/mol. The first kappa shape index (κ1) is 29.8. The van der Waals surface area contributed by atoms with E-state index in [0.29, 0.717) is 5.92 Å². The first-order chi connectivity index (χ1) is 25.0. The molecule has 9 aromatic rings. The molecule has 0 saturated carbocycles. The van der Waals surface area contributed by atoms with Crippen LogP contribution in [0.5, 0.6) is 0 Å². The van der Waals surface area contributed by atoms with E-state index >= 15 is 0 Å². The summed E-state index contributed by atoms with van der Waals surface area (Å²) in [4.78, 5) is 11.0. The van der Waals surface area contributed by atoms with Gasteiger partial charge in [-0.05, 0) is 105 Å². The fourth-order valence-corrected chi connectivity index (χ4v) is 8.75. The molecule has 1 aliphatic rings. The standard InChI is InChI=1S/C49H36N2/c1-29-14-13-18-35(26-29)49-47-31(3)45-40-25-24-34(41-27-33-17-7-8-19-36(33)37-20-9-10-21-38(37)41)28-43(40)51-48(32-15-5-4-6-16-32)46(45)30(2)44(47)39-22-11-12-23-42(39)50-49/h4-25,27-29H,26H2,1-3H3. The summed E-state index contributed by atoms with van der Waals surface area (Å²) >= 11 is 0. The van der Waals surface area contributed by atoms with E-state index < -0.39 is 0 Å². The fourth-order valence-electron chi connectivity index (χ4n) is 8.75. The summed E-state index contributed by atoms with van der Waals surface area (Å²) in [6, 6.07) is 46.1. The predicted octanol–water partition coefficient (Wildman–Crippen LogP) is 13.3. The molecule has 1 atom stereocenters. The second kappa shape index (κ2) is 11.5. The van der Waals surface area contributed by atoms with Crippen LogP contribution < -0.4 is 0 Å². The van der Waals surface area contributed by atoms with E-state index in [0.717, 1.165) is 34.4 Å². The molecule has 0 amide bonds. The van der Waals surface area contributed by atoms with Gasteiger partial charge in [0.1, 0.15) is 0 Å². The Balaban J connectivity index is 1.35. The summed E-state index contributed by atoms with van der Waals surface area (Å²) in [6.07, 6.45) is 7.75. The molecule has 0 spiro atoms. The average Bonchev–Trinajstić information content (AvgIpc) is 3.18. The van der Waals surface area contributed by atoms with E-state index in [1.54, 1.807) is 0 Å². The van der Waals surface area contributed by atoms with Gasteiger partial charge in [0, 0.05) is 27.1 Å². The molecule has 51 heavy (non-hydrogen) atoms. The summed E-state index contributed by atoms with van der Waals surface area (Å²) in [6.45, 7) is 6.90. The number of benzene rings is 7. The van der Waals surface area contributed by atoms with E-state index in [1.165, 1.54) is 81.7 Å². The Hall–Kier alpha value is -6.12. The summed E-state index contributed by atoms with van der Waals surface area (Å²) in [5, 5.41) is 12.4. The minimum Gasteiger partial charge on any atom is -0.247 e. The maximum Gasteiger partial charge on any atom is 0.0791 e. The SMILES string of the molecule is Cc1c2c(-c3ccccc3)nc3cc(-c4cc5ccccc5c5ccccc45)ccc3c2c(C)c2c(C3=CC=CC(C)C3)nc3ccccc3c12. The molecule has 2 heterocycles. The number of allylic oxidation sites excluding steroid dienone is 4. The number of aromatic nitrogens is 2. The minimum atomic E-state index is 0.467. The zero-order valence-corrected chi connectivity index (χ0v) is 29.0. The van der Waals surface area contributed by atoms with Gasteiger partial charge in [0.2, 0.25) is 0 Å². The van der Waals surface area contributed by atoms with Crippen molar-refractivity contribution in [2.75, 3.05) is 0 Å². The molecule has 0 N–H and O–H groups in total. The molecule has 2 heteroatoms. The van der Waals surface area contributed by atoms with Gasteiger partial charge in [-0.3, -0.25) is 0 Å². The van der Waals surface area contributed by atoms with Gasteiger partial charge in [0.25, 0.3) is 0 Å². The van der Waals surface area contributed by atoms with Gasteiger partial charge in [-0.15, -0.1) is 0 Å². The monoisotopic (exact) mass is 652 g/mol. The van der Waals surface area contributed by atoms with Crippen molar-refractivity contribution in [2.45, 2.75) is 27.2 Å². The normalized spacial score (nSPS) is 14.7.